The van der Waals surface area contributed by atoms with E-state index in [-0.39, 0.29) is 5.56 Å². The number of hydrogen-bond donors (Lipinski definition) is 1. The Kier molecular flexibility index (Phi) is 4.70. The van der Waals surface area contributed by atoms with Gasteiger partial charge in [-0.15, -0.1) is 0 Å². The molecule has 6 heteroatoms. The molecule has 2 aromatic rings. The molecule has 21 heavy (non-hydrogen) atoms. The number of para-hydroxylation sites is 1. The van der Waals surface area contributed by atoms with Crippen molar-refractivity contribution in [2.24, 2.45) is 0 Å². The number of rotatable bonds is 4. The van der Waals surface area contributed by atoms with Crippen molar-refractivity contribution in [1.29, 1.82) is 0 Å². The van der Waals surface area contributed by atoms with E-state index in [4.69, 9.17) is 5.11 Å². The summed E-state index contributed by atoms with van der Waals surface area (Å²) in [4.78, 5) is 24.6. The molecular formula is C15H11BrFNO3. The monoisotopic (exact) mass is 351 g/mol. The highest BCUT2D eigenvalue weighted by Crippen LogP contribution is 2.23. The molecule has 0 bridgehead atoms. The molecule has 0 saturated carbocycles. The number of halogens is 2. The molecule has 0 heterocycles. The highest BCUT2D eigenvalue weighted by molar-refractivity contribution is 9.10. The zero-order chi connectivity index (χ0) is 15.4. The van der Waals surface area contributed by atoms with Gasteiger partial charge in [0.1, 0.15) is 12.4 Å². The van der Waals surface area contributed by atoms with Gasteiger partial charge in [-0.1, -0.05) is 18.2 Å². The fourth-order valence-electron chi connectivity index (χ4n) is 1.83. The van der Waals surface area contributed by atoms with Gasteiger partial charge in [-0.2, -0.15) is 0 Å². The first-order valence-electron chi connectivity index (χ1n) is 6.03. The van der Waals surface area contributed by atoms with Gasteiger partial charge < -0.3 is 5.11 Å². The summed E-state index contributed by atoms with van der Waals surface area (Å²) in [5, 5.41) is 8.99. The maximum atomic E-state index is 13.3. The van der Waals surface area contributed by atoms with Crippen LogP contribution in [0.25, 0.3) is 0 Å². The lowest BCUT2D eigenvalue weighted by Gasteiger charge is -2.21. The maximum Gasteiger partial charge on any atom is 0.323 e. The van der Waals surface area contributed by atoms with Crippen LogP contribution in [0.3, 0.4) is 0 Å². The molecule has 0 aliphatic heterocycles. The Morgan fingerprint density at radius 1 is 1.14 bits per heavy atom. The standard InChI is InChI=1S/C15H11BrFNO3/c16-13-7-6-10(17)8-12(13)15(21)18(9-14(19)20)11-4-2-1-3-5-11/h1-8H,9H2,(H,19,20). The Labute approximate surface area is 128 Å². The van der Waals surface area contributed by atoms with Crippen LogP contribution in [0.1, 0.15) is 10.4 Å². The molecule has 108 valence electrons. The first-order chi connectivity index (χ1) is 9.99. The summed E-state index contributed by atoms with van der Waals surface area (Å²) >= 11 is 3.18. The minimum atomic E-state index is -1.15. The highest BCUT2D eigenvalue weighted by Gasteiger charge is 2.22. The number of aliphatic carboxylic acids is 1. The Morgan fingerprint density at radius 2 is 1.81 bits per heavy atom. The van der Waals surface area contributed by atoms with Crippen LogP contribution >= 0.6 is 15.9 Å². The third-order valence-electron chi connectivity index (χ3n) is 2.77. The van der Waals surface area contributed by atoms with E-state index in [1.165, 1.54) is 12.1 Å². The predicted octanol–water partition coefficient (Wildman–Crippen LogP) is 3.32. The molecular weight excluding hydrogens is 341 g/mol. The molecule has 0 saturated heterocycles. The summed E-state index contributed by atoms with van der Waals surface area (Å²) in [5.74, 6) is -2.31. The molecule has 2 rings (SSSR count). The first kappa shape index (κ1) is 15.2. The van der Waals surface area contributed by atoms with Crippen LogP contribution in [0.4, 0.5) is 10.1 Å². The number of carbonyl (C=O) groups is 2. The maximum absolute atomic E-state index is 13.3. The molecule has 1 amide bonds. The van der Waals surface area contributed by atoms with Gasteiger partial charge in [-0.25, -0.2) is 4.39 Å². The molecule has 0 unspecified atom stereocenters. The van der Waals surface area contributed by atoms with Crippen molar-refractivity contribution in [2.45, 2.75) is 0 Å². The van der Waals surface area contributed by atoms with Gasteiger partial charge in [-0.3, -0.25) is 14.5 Å². The third-order valence-corrected chi connectivity index (χ3v) is 3.46. The van der Waals surface area contributed by atoms with Crippen molar-refractivity contribution in [1.82, 2.24) is 0 Å². The Hall–Kier alpha value is -2.21. The van der Waals surface area contributed by atoms with E-state index in [9.17, 15) is 14.0 Å². The Balaban J connectivity index is 2.43. The van der Waals surface area contributed by atoms with Crippen molar-refractivity contribution in [2.75, 3.05) is 11.4 Å². The van der Waals surface area contributed by atoms with E-state index in [0.717, 1.165) is 11.0 Å². The van der Waals surface area contributed by atoms with Gasteiger partial charge in [0.25, 0.3) is 5.91 Å². The van der Waals surface area contributed by atoms with Gasteiger partial charge in [0.15, 0.2) is 0 Å². The van der Waals surface area contributed by atoms with Crippen LogP contribution in [0, 0.1) is 5.82 Å². The van der Waals surface area contributed by atoms with Crippen LogP contribution in [-0.2, 0) is 4.79 Å². The molecule has 2 aromatic carbocycles. The van der Waals surface area contributed by atoms with Crippen molar-refractivity contribution in [3.8, 4) is 0 Å². The van der Waals surface area contributed by atoms with Crippen LogP contribution in [0.15, 0.2) is 53.0 Å². The van der Waals surface area contributed by atoms with E-state index in [0.29, 0.717) is 10.2 Å². The van der Waals surface area contributed by atoms with Gasteiger partial charge in [0.05, 0.1) is 5.56 Å². The fourth-order valence-corrected chi connectivity index (χ4v) is 2.25. The molecule has 0 aliphatic rings. The number of hydrogen-bond acceptors (Lipinski definition) is 2. The summed E-state index contributed by atoms with van der Waals surface area (Å²) in [7, 11) is 0. The smallest absolute Gasteiger partial charge is 0.323 e. The number of amides is 1. The molecule has 0 spiro atoms. The molecule has 1 N–H and O–H groups in total. The van der Waals surface area contributed by atoms with Crippen LogP contribution in [0.2, 0.25) is 0 Å². The lowest BCUT2D eigenvalue weighted by Crippen LogP contribution is -2.36. The lowest BCUT2D eigenvalue weighted by atomic mass is 10.1. The SMILES string of the molecule is O=C(O)CN(C(=O)c1cc(F)ccc1Br)c1ccccc1. The molecule has 0 aliphatic carbocycles. The Bertz CT molecular complexity index is 676. The summed E-state index contributed by atoms with van der Waals surface area (Å²) in [6.45, 7) is -0.508. The van der Waals surface area contributed by atoms with Crippen molar-refractivity contribution in [3.05, 3.63) is 64.4 Å². The fraction of sp³-hybridized carbons (Fsp3) is 0.0667. The second kappa shape index (κ2) is 6.49. The average molecular weight is 352 g/mol. The minimum Gasteiger partial charge on any atom is -0.480 e. The summed E-state index contributed by atoms with van der Waals surface area (Å²) in [6.07, 6.45) is 0. The zero-order valence-electron chi connectivity index (χ0n) is 10.8. The number of nitrogens with zero attached hydrogens (tertiary/aromatic N) is 1. The summed E-state index contributed by atoms with van der Waals surface area (Å²) in [5.41, 5.74) is 0.501. The largest absolute Gasteiger partial charge is 0.480 e. The molecule has 4 nitrogen and oxygen atoms in total. The normalized spacial score (nSPS) is 10.2. The number of anilines is 1. The van der Waals surface area contributed by atoms with Crippen LogP contribution in [0.5, 0.6) is 0 Å². The van der Waals surface area contributed by atoms with Gasteiger partial charge in [0, 0.05) is 10.2 Å². The number of carboxylic acids is 1. The van der Waals surface area contributed by atoms with Crippen LogP contribution in [-0.4, -0.2) is 23.5 Å². The summed E-state index contributed by atoms with van der Waals surface area (Å²) < 4.78 is 13.7. The summed E-state index contributed by atoms with van der Waals surface area (Å²) in [6, 6.07) is 12.1. The van der Waals surface area contributed by atoms with E-state index < -0.39 is 24.2 Å². The second-order valence-corrected chi connectivity index (χ2v) is 5.10. The second-order valence-electron chi connectivity index (χ2n) is 4.24. The lowest BCUT2D eigenvalue weighted by molar-refractivity contribution is -0.135. The predicted molar refractivity (Wildman–Crippen MR) is 79.9 cm³/mol. The third kappa shape index (κ3) is 3.66. The highest BCUT2D eigenvalue weighted by atomic mass is 79.9. The van der Waals surface area contributed by atoms with Gasteiger partial charge >= 0.3 is 5.97 Å². The van der Waals surface area contributed by atoms with Crippen LogP contribution < -0.4 is 4.90 Å². The van der Waals surface area contributed by atoms with E-state index in [1.54, 1.807) is 30.3 Å². The van der Waals surface area contributed by atoms with Gasteiger partial charge in [-0.05, 0) is 46.3 Å². The Morgan fingerprint density at radius 3 is 2.43 bits per heavy atom. The van der Waals surface area contributed by atoms with Crippen molar-refractivity contribution >= 4 is 33.5 Å². The topological polar surface area (TPSA) is 57.6 Å². The van der Waals surface area contributed by atoms with Crippen molar-refractivity contribution < 1.29 is 19.1 Å². The molecule has 0 atom stereocenters. The first-order valence-corrected chi connectivity index (χ1v) is 6.82. The number of benzene rings is 2. The molecule has 0 radical (unpaired) electrons. The van der Waals surface area contributed by atoms with E-state index in [2.05, 4.69) is 15.9 Å². The van der Waals surface area contributed by atoms with E-state index in [1.807, 2.05) is 0 Å². The number of carbonyl (C=O) groups excluding carboxylic acids is 1. The molecule has 0 fully saturated rings. The van der Waals surface area contributed by atoms with E-state index >= 15 is 0 Å². The minimum absolute atomic E-state index is 0.0695. The average Bonchev–Trinajstić information content (AvgIpc) is 2.47. The zero-order valence-corrected chi connectivity index (χ0v) is 12.4. The van der Waals surface area contributed by atoms with Crippen molar-refractivity contribution in [3.63, 3.8) is 0 Å². The number of carboxylic acid groups (broad SMARTS) is 1. The molecule has 0 aromatic heterocycles. The quantitative estimate of drug-likeness (QED) is 0.919. The van der Waals surface area contributed by atoms with Gasteiger partial charge in [0.2, 0.25) is 0 Å².